The molecule has 0 heterocycles. The Morgan fingerprint density at radius 3 is 1.91 bits per heavy atom. The van der Waals surface area contributed by atoms with Crippen molar-refractivity contribution >= 4 is 27.5 Å². The maximum atomic E-state index is 13.9. The summed E-state index contributed by atoms with van der Waals surface area (Å²) in [5, 5.41) is 8.32. The van der Waals surface area contributed by atoms with Crippen LogP contribution in [-0.2, 0) is 26.9 Å². The highest BCUT2D eigenvalue weighted by Crippen LogP contribution is 2.30. The number of hydrogen-bond donors (Lipinski definition) is 2. The fraction of sp³-hybridized carbons (Fsp3) is 0.200. The zero-order chi connectivity index (χ0) is 24.2. The van der Waals surface area contributed by atoms with Gasteiger partial charge < -0.3 is 5.73 Å². The van der Waals surface area contributed by atoms with Crippen LogP contribution in [0.3, 0.4) is 0 Å². The number of benzene rings is 3. The first kappa shape index (κ1) is 24.2. The molecule has 0 fully saturated rings. The highest BCUT2D eigenvalue weighted by molar-refractivity contribution is 7.92. The first-order valence-corrected chi connectivity index (χ1v) is 12.2. The maximum absolute atomic E-state index is 13.9. The van der Waals surface area contributed by atoms with Crippen LogP contribution < -0.4 is 10.0 Å². The SMILES string of the molecule is CC(=N)N(Cc1cccc(N(C)S(C)(=O)=O)c1)C(=O)C(N)(c1ccccc1)c1ccccc1. The number of nitrogens with two attached hydrogens (primary N) is 1. The first-order valence-electron chi connectivity index (χ1n) is 10.3. The number of carbonyl (C=O) groups is 1. The second-order valence-electron chi connectivity index (χ2n) is 7.92. The molecule has 0 spiro atoms. The van der Waals surface area contributed by atoms with Gasteiger partial charge in [0.2, 0.25) is 10.0 Å². The minimum atomic E-state index is -3.44. The van der Waals surface area contributed by atoms with Gasteiger partial charge in [-0.25, -0.2) is 8.42 Å². The molecule has 172 valence electrons. The monoisotopic (exact) mass is 464 g/mol. The van der Waals surface area contributed by atoms with Crippen molar-refractivity contribution in [3.05, 3.63) is 102 Å². The van der Waals surface area contributed by atoms with E-state index < -0.39 is 21.5 Å². The number of anilines is 1. The van der Waals surface area contributed by atoms with Crippen molar-refractivity contribution in [2.75, 3.05) is 17.6 Å². The Morgan fingerprint density at radius 1 is 0.939 bits per heavy atom. The van der Waals surface area contributed by atoms with Gasteiger partial charge in [0, 0.05) is 7.05 Å². The van der Waals surface area contributed by atoms with Gasteiger partial charge in [-0.05, 0) is 35.7 Å². The number of hydrogen-bond acceptors (Lipinski definition) is 5. The molecule has 33 heavy (non-hydrogen) atoms. The van der Waals surface area contributed by atoms with E-state index in [1.807, 2.05) is 36.4 Å². The third kappa shape index (κ3) is 5.13. The van der Waals surface area contributed by atoms with Gasteiger partial charge in [0.05, 0.1) is 24.3 Å². The number of rotatable bonds is 7. The van der Waals surface area contributed by atoms with Gasteiger partial charge in [0.25, 0.3) is 5.91 Å². The van der Waals surface area contributed by atoms with Crippen LogP contribution in [0.2, 0.25) is 0 Å². The fourth-order valence-corrected chi connectivity index (χ4v) is 4.09. The molecule has 3 aromatic rings. The van der Waals surface area contributed by atoms with Crippen LogP contribution in [0.4, 0.5) is 5.69 Å². The molecule has 0 aromatic heterocycles. The van der Waals surface area contributed by atoms with Crippen molar-refractivity contribution in [2.24, 2.45) is 5.73 Å². The van der Waals surface area contributed by atoms with Gasteiger partial charge in [0.1, 0.15) is 5.54 Å². The molecule has 0 radical (unpaired) electrons. The van der Waals surface area contributed by atoms with Gasteiger partial charge in [0.15, 0.2) is 0 Å². The van der Waals surface area contributed by atoms with E-state index in [9.17, 15) is 13.2 Å². The molecule has 3 aromatic carbocycles. The summed E-state index contributed by atoms with van der Waals surface area (Å²) in [7, 11) is -1.97. The zero-order valence-electron chi connectivity index (χ0n) is 18.9. The Hall–Kier alpha value is -3.49. The molecule has 0 aliphatic rings. The van der Waals surface area contributed by atoms with E-state index in [1.54, 1.807) is 48.5 Å². The Kier molecular flexibility index (Phi) is 7.00. The van der Waals surface area contributed by atoms with Crippen LogP contribution in [-0.4, -0.2) is 38.4 Å². The molecule has 0 bridgehead atoms. The lowest BCUT2D eigenvalue weighted by Gasteiger charge is -2.35. The number of amidine groups is 1. The molecule has 0 atom stereocenters. The Balaban J connectivity index is 2.04. The summed E-state index contributed by atoms with van der Waals surface area (Å²) in [5.41, 5.74) is 7.69. The summed E-state index contributed by atoms with van der Waals surface area (Å²) < 4.78 is 25.0. The highest BCUT2D eigenvalue weighted by Gasteiger charge is 2.41. The molecular weight excluding hydrogens is 436 g/mol. The van der Waals surface area contributed by atoms with Crippen LogP contribution in [0.1, 0.15) is 23.6 Å². The molecule has 0 saturated carbocycles. The van der Waals surface area contributed by atoms with Gasteiger partial charge >= 0.3 is 0 Å². The van der Waals surface area contributed by atoms with E-state index in [0.29, 0.717) is 22.4 Å². The summed E-state index contributed by atoms with van der Waals surface area (Å²) in [5.74, 6) is -0.419. The van der Waals surface area contributed by atoms with E-state index in [4.69, 9.17) is 11.1 Å². The highest BCUT2D eigenvalue weighted by atomic mass is 32.2. The normalized spacial score (nSPS) is 11.6. The number of sulfonamides is 1. The summed E-state index contributed by atoms with van der Waals surface area (Å²) in [6.45, 7) is 1.60. The second kappa shape index (κ2) is 9.56. The van der Waals surface area contributed by atoms with Gasteiger partial charge in [-0.1, -0.05) is 72.8 Å². The van der Waals surface area contributed by atoms with E-state index >= 15 is 0 Å². The number of nitrogens with one attached hydrogen (secondary N) is 1. The van der Waals surface area contributed by atoms with E-state index in [-0.39, 0.29) is 12.4 Å². The largest absolute Gasteiger partial charge is 0.310 e. The van der Waals surface area contributed by atoms with Crippen molar-refractivity contribution in [2.45, 2.75) is 19.0 Å². The molecule has 8 heteroatoms. The summed E-state index contributed by atoms with van der Waals surface area (Å²) in [6.07, 6.45) is 1.12. The minimum absolute atomic E-state index is 0.0311. The molecule has 3 rings (SSSR count). The smallest absolute Gasteiger partial charge is 0.257 e. The lowest BCUT2D eigenvalue weighted by Crippen LogP contribution is -2.54. The van der Waals surface area contributed by atoms with Crippen LogP contribution in [0.15, 0.2) is 84.9 Å². The lowest BCUT2D eigenvalue weighted by molar-refractivity contribution is -0.132. The van der Waals surface area contributed by atoms with Crippen molar-refractivity contribution in [1.82, 2.24) is 4.90 Å². The van der Waals surface area contributed by atoms with Crippen LogP contribution in [0.5, 0.6) is 0 Å². The van der Waals surface area contributed by atoms with Crippen LogP contribution in [0.25, 0.3) is 0 Å². The van der Waals surface area contributed by atoms with Gasteiger partial charge in [-0.3, -0.25) is 19.4 Å². The molecular formula is C25H28N4O3S. The third-order valence-electron chi connectivity index (χ3n) is 5.56. The number of carbonyl (C=O) groups excluding carboxylic acids is 1. The average molecular weight is 465 g/mol. The number of amides is 1. The van der Waals surface area contributed by atoms with E-state index in [2.05, 4.69) is 0 Å². The van der Waals surface area contributed by atoms with Crippen molar-refractivity contribution in [1.29, 1.82) is 5.41 Å². The summed E-state index contributed by atoms with van der Waals surface area (Å²) in [4.78, 5) is 15.3. The molecule has 0 aliphatic heterocycles. The molecule has 3 N–H and O–H groups in total. The lowest BCUT2D eigenvalue weighted by atomic mass is 9.82. The first-order chi connectivity index (χ1) is 15.5. The molecule has 7 nitrogen and oxygen atoms in total. The quantitative estimate of drug-likeness (QED) is 0.413. The van der Waals surface area contributed by atoms with E-state index in [1.165, 1.54) is 23.2 Å². The predicted molar refractivity (Wildman–Crippen MR) is 131 cm³/mol. The Bertz CT molecular complexity index is 1210. The van der Waals surface area contributed by atoms with Gasteiger partial charge in [-0.15, -0.1) is 0 Å². The van der Waals surface area contributed by atoms with Crippen molar-refractivity contribution in [3.8, 4) is 0 Å². The third-order valence-corrected chi connectivity index (χ3v) is 6.76. The Morgan fingerprint density at radius 2 is 1.45 bits per heavy atom. The number of nitrogens with zero attached hydrogens (tertiary/aromatic N) is 2. The zero-order valence-corrected chi connectivity index (χ0v) is 19.7. The standard InChI is InChI=1S/C25H28N4O3S/c1-19(26)29(18-20-11-10-16-23(17-20)28(2)33(3,31)32)24(30)25(27,21-12-6-4-7-13-21)22-14-8-5-9-15-22/h4-17,26H,18,27H2,1-3H3. The van der Waals surface area contributed by atoms with Crippen molar-refractivity contribution in [3.63, 3.8) is 0 Å². The fourth-order valence-electron chi connectivity index (χ4n) is 3.60. The second-order valence-corrected chi connectivity index (χ2v) is 9.93. The molecule has 0 saturated heterocycles. The topological polar surface area (TPSA) is 108 Å². The van der Waals surface area contributed by atoms with Crippen LogP contribution in [0, 0.1) is 5.41 Å². The van der Waals surface area contributed by atoms with Crippen molar-refractivity contribution < 1.29 is 13.2 Å². The average Bonchev–Trinajstić information content (AvgIpc) is 2.81. The van der Waals surface area contributed by atoms with Gasteiger partial charge in [-0.2, -0.15) is 0 Å². The predicted octanol–water partition coefficient (Wildman–Crippen LogP) is 3.31. The maximum Gasteiger partial charge on any atom is 0.257 e. The molecule has 0 aliphatic carbocycles. The Labute approximate surface area is 195 Å². The summed E-state index contributed by atoms with van der Waals surface area (Å²) in [6, 6.07) is 25.0. The van der Waals surface area contributed by atoms with E-state index in [0.717, 1.165) is 6.26 Å². The summed E-state index contributed by atoms with van der Waals surface area (Å²) >= 11 is 0. The molecule has 0 unspecified atom stereocenters. The molecule has 1 amide bonds. The minimum Gasteiger partial charge on any atom is -0.310 e. The van der Waals surface area contributed by atoms with Crippen LogP contribution >= 0.6 is 0 Å².